The Morgan fingerprint density at radius 2 is 2.08 bits per heavy atom. The molecular formula is C6H13NO5S. The number of rotatable bonds is 5. The first-order valence-corrected chi connectivity index (χ1v) is 5.29. The number of aliphatic hydroxyl groups excluding tert-OH is 1. The highest BCUT2D eigenvalue weighted by atomic mass is 32.2. The number of aliphatic hydroxyl groups is 1. The lowest BCUT2D eigenvalue weighted by molar-refractivity contribution is -0.122. The van der Waals surface area contributed by atoms with Crippen molar-refractivity contribution >= 4 is 16.0 Å². The molecule has 0 saturated carbocycles. The molecule has 7 heteroatoms. The molecule has 0 aromatic carbocycles. The summed E-state index contributed by atoms with van der Waals surface area (Å²) in [6, 6.07) is 0. The van der Waals surface area contributed by atoms with Gasteiger partial charge < -0.3 is 10.4 Å². The molecule has 0 aliphatic carbocycles. The molecule has 3 N–H and O–H groups in total. The first kappa shape index (κ1) is 12.3. The van der Waals surface area contributed by atoms with Crippen molar-refractivity contribution in [3.05, 3.63) is 0 Å². The fourth-order valence-corrected chi connectivity index (χ4v) is 0.962. The van der Waals surface area contributed by atoms with Crippen molar-refractivity contribution in [2.24, 2.45) is 0 Å². The van der Waals surface area contributed by atoms with Crippen LogP contribution >= 0.6 is 0 Å². The zero-order chi connectivity index (χ0) is 10.5. The molecule has 0 bridgehead atoms. The summed E-state index contributed by atoms with van der Waals surface area (Å²) in [6.45, 7) is 2.25. The Balaban J connectivity index is 3.93. The summed E-state index contributed by atoms with van der Waals surface area (Å²) in [4.78, 5) is 10.8. The molecule has 0 aromatic heterocycles. The third kappa shape index (κ3) is 5.56. The molecule has 0 spiro atoms. The predicted octanol–water partition coefficient (Wildman–Crippen LogP) is -0.891. The van der Waals surface area contributed by atoms with Crippen molar-refractivity contribution in [1.29, 1.82) is 0 Å². The summed E-state index contributed by atoms with van der Waals surface area (Å²) in [6.07, 6.45) is 0.0759. The maximum atomic E-state index is 10.8. The SMILES string of the molecule is CCCNC(=O)CC(O)S(=O)(=O)O. The van der Waals surface area contributed by atoms with Crippen LogP contribution in [-0.2, 0) is 14.9 Å². The number of hydrogen-bond acceptors (Lipinski definition) is 4. The standard InChI is InChI=1S/C6H13NO5S/c1-2-3-7-5(8)4-6(9)13(10,11)12/h6,9H,2-4H2,1H3,(H,7,8)(H,10,11,12). The second-order valence-electron chi connectivity index (χ2n) is 2.52. The van der Waals surface area contributed by atoms with Crippen LogP contribution in [0.25, 0.3) is 0 Å². The average molecular weight is 211 g/mol. The molecule has 0 aliphatic heterocycles. The highest BCUT2D eigenvalue weighted by Crippen LogP contribution is 1.99. The number of hydrogen-bond donors (Lipinski definition) is 3. The zero-order valence-corrected chi connectivity index (χ0v) is 8.04. The first-order valence-electron chi connectivity index (χ1n) is 3.79. The molecule has 0 saturated heterocycles. The van der Waals surface area contributed by atoms with Crippen molar-refractivity contribution in [2.75, 3.05) is 6.54 Å². The summed E-state index contributed by atoms with van der Waals surface area (Å²) in [5.41, 5.74) is -2.04. The van der Waals surface area contributed by atoms with E-state index in [2.05, 4.69) is 5.32 Å². The number of nitrogens with one attached hydrogen (secondary N) is 1. The van der Waals surface area contributed by atoms with Gasteiger partial charge in [0.25, 0.3) is 10.1 Å². The lowest BCUT2D eigenvalue weighted by Crippen LogP contribution is -2.31. The van der Waals surface area contributed by atoms with E-state index >= 15 is 0 Å². The molecule has 1 amide bonds. The summed E-state index contributed by atoms with van der Waals surface area (Å²) in [5, 5.41) is 11.1. The molecule has 0 radical (unpaired) electrons. The van der Waals surface area contributed by atoms with Crippen LogP contribution in [0, 0.1) is 0 Å². The van der Waals surface area contributed by atoms with Gasteiger partial charge in [-0.05, 0) is 6.42 Å². The van der Waals surface area contributed by atoms with Gasteiger partial charge in [-0.3, -0.25) is 9.35 Å². The Labute approximate surface area is 76.7 Å². The second-order valence-corrected chi connectivity index (χ2v) is 4.10. The normalized spacial score (nSPS) is 13.8. The number of carbonyl (C=O) groups excluding carboxylic acids is 1. The smallest absolute Gasteiger partial charge is 0.292 e. The summed E-state index contributed by atoms with van der Waals surface area (Å²) in [7, 11) is -4.53. The van der Waals surface area contributed by atoms with E-state index in [0.717, 1.165) is 0 Å². The van der Waals surface area contributed by atoms with Crippen LogP contribution in [0.2, 0.25) is 0 Å². The summed E-state index contributed by atoms with van der Waals surface area (Å²) < 4.78 is 28.8. The third-order valence-electron chi connectivity index (χ3n) is 1.28. The minimum Gasteiger partial charge on any atom is -0.375 e. The highest BCUT2D eigenvalue weighted by molar-refractivity contribution is 7.86. The van der Waals surface area contributed by atoms with Gasteiger partial charge in [0, 0.05) is 6.54 Å². The monoisotopic (exact) mass is 211 g/mol. The van der Waals surface area contributed by atoms with E-state index in [1.807, 2.05) is 6.92 Å². The van der Waals surface area contributed by atoms with E-state index < -0.39 is 27.9 Å². The fraction of sp³-hybridized carbons (Fsp3) is 0.833. The molecule has 0 aliphatic rings. The van der Waals surface area contributed by atoms with Gasteiger partial charge in [-0.1, -0.05) is 6.92 Å². The van der Waals surface area contributed by atoms with Crippen LogP contribution in [0.1, 0.15) is 19.8 Å². The molecule has 1 unspecified atom stereocenters. The Kier molecular flexibility index (Phi) is 4.89. The molecular weight excluding hydrogens is 198 g/mol. The Morgan fingerprint density at radius 1 is 1.54 bits per heavy atom. The lowest BCUT2D eigenvalue weighted by Gasteiger charge is -2.06. The fourth-order valence-electron chi connectivity index (χ4n) is 0.600. The van der Waals surface area contributed by atoms with Crippen LogP contribution in [0.5, 0.6) is 0 Å². The predicted molar refractivity (Wildman–Crippen MR) is 45.5 cm³/mol. The van der Waals surface area contributed by atoms with Gasteiger partial charge in [0.1, 0.15) is 0 Å². The molecule has 0 heterocycles. The van der Waals surface area contributed by atoms with Gasteiger partial charge in [-0.25, -0.2) is 0 Å². The van der Waals surface area contributed by atoms with Crippen molar-refractivity contribution in [3.8, 4) is 0 Å². The molecule has 13 heavy (non-hydrogen) atoms. The molecule has 1 atom stereocenters. The van der Waals surface area contributed by atoms with E-state index in [1.165, 1.54) is 0 Å². The van der Waals surface area contributed by atoms with E-state index in [0.29, 0.717) is 13.0 Å². The summed E-state index contributed by atoms with van der Waals surface area (Å²) in [5.74, 6) is -0.605. The maximum absolute atomic E-state index is 10.8. The van der Waals surface area contributed by atoms with Crippen LogP contribution in [-0.4, -0.2) is 36.0 Å². The van der Waals surface area contributed by atoms with Crippen molar-refractivity contribution in [1.82, 2.24) is 5.32 Å². The second kappa shape index (κ2) is 5.15. The van der Waals surface area contributed by atoms with Crippen LogP contribution in [0.4, 0.5) is 0 Å². The highest BCUT2D eigenvalue weighted by Gasteiger charge is 2.22. The third-order valence-corrected chi connectivity index (χ3v) is 2.13. The number of amides is 1. The van der Waals surface area contributed by atoms with Gasteiger partial charge in [-0.2, -0.15) is 8.42 Å². The molecule has 0 fully saturated rings. The van der Waals surface area contributed by atoms with Crippen LogP contribution < -0.4 is 5.32 Å². The largest absolute Gasteiger partial charge is 0.375 e. The number of carbonyl (C=O) groups is 1. The van der Waals surface area contributed by atoms with E-state index in [4.69, 9.17) is 9.66 Å². The van der Waals surface area contributed by atoms with Crippen molar-refractivity contribution in [3.63, 3.8) is 0 Å². The lowest BCUT2D eigenvalue weighted by atomic mass is 10.4. The topological polar surface area (TPSA) is 104 Å². The van der Waals surface area contributed by atoms with Gasteiger partial charge in [0.15, 0.2) is 5.44 Å². The first-order chi connectivity index (χ1) is 5.88. The van der Waals surface area contributed by atoms with Crippen molar-refractivity contribution < 1.29 is 22.9 Å². The molecule has 6 nitrogen and oxygen atoms in total. The van der Waals surface area contributed by atoms with Gasteiger partial charge in [-0.15, -0.1) is 0 Å². The summed E-state index contributed by atoms with van der Waals surface area (Å²) >= 11 is 0. The van der Waals surface area contributed by atoms with E-state index in [9.17, 15) is 13.2 Å². The van der Waals surface area contributed by atoms with E-state index in [-0.39, 0.29) is 0 Å². The quantitative estimate of drug-likeness (QED) is 0.512. The molecule has 0 rings (SSSR count). The minimum atomic E-state index is -4.53. The Bertz CT molecular complexity index is 260. The molecule has 78 valence electrons. The molecule has 0 aromatic rings. The zero-order valence-electron chi connectivity index (χ0n) is 7.23. The minimum absolute atomic E-state index is 0.414. The maximum Gasteiger partial charge on any atom is 0.292 e. The van der Waals surface area contributed by atoms with Crippen LogP contribution in [0.15, 0.2) is 0 Å². The van der Waals surface area contributed by atoms with Gasteiger partial charge >= 0.3 is 0 Å². The van der Waals surface area contributed by atoms with Crippen LogP contribution in [0.3, 0.4) is 0 Å². The van der Waals surface area contributed by atoms with E-state index in [1.54, 1.807) is 0 Å². The Hall–Kier alpha value is -0.660. The Morgan fingerprint density at radius 3 is 2.46 bits per heavy atom. The van der Waals surface area contributed by atoms with Gasteiger partial charge in [0.05, 0.1) is 6.42 Å². The van der Waals surface area contributed by atoms with Gasteiger partial charge in [0.2, 0.25) is 5.91 Å². The van der Waals surface area contributed by atoms with Crippen molar-refractivity contribution in [2.45, 2.75) is 25.2 Å². The average Bonchev–Trinajstić information content (AvgIpc) is 1.99.